The van der Waals surface area contributed by atoms with Crippen LogP contribution in [0, 0.1) is 15.7 Å². The molecule has 1 aromatic heterocycles. The molecule has 186 valence electrons. The van der Waals surface area contributed by atoms with Crippen LogP contribution in [0.2, 0.25) is 0 Å². The number of halogens is 1. The zero-order chi connectivity index (χ0) is 25.1. The van der Waals surface area contributed by atoms with Crippen LogP contribution in [0.25, 0.3) is 10.9 Å². The number of hydrogen-bond acceptors (Lipinski definition) is 8. The number of nitrogens with zero attached hydrogens (tertiary/aromatic N) is 1. The third-order valence-corrected chi connectivity index (χ3v) is 6.61. The Balaban J connectivity index is 0.000000588. The second-order valence-electron chi connectivity index (χ2n) is 8.55. The Kier molecular flexibility index (Phi) is 7.99. The van der Waals surface area contributed by atoms with E-state index in [9.17, 15) is 9.59 Å². The zero-order valence-electron chi connectivity index (χ0n) is 19.4. The average Bonchev–Trinajstić information content (AvgIpc) is 3.15. The Labute approximate surface area is 199 Å². The van der Waals surface area contributed by atoms with Crippen LogP contribution in [0.15, 0.2) is 24.3 Å². The summed E-state index contributed by atoms with van der Waals surface area (Å²) in [5.74, 6) is -0.947. The van der Waals surface area contributed by atoms with Crippen LogP contribution < -0.4 is 18.6 Å². The summed E-state index contributed by atoms with van der Waals surface area (Å²) in [7, 11) is -3.60. The minimum absolute atomic E-state index is 0.247. The summed E-state index contributed by atoms with van der Waals surface area (Å²) in [5, 5.41) is 1.27. The Morgan fingerprint density at radius 2 is 1.88 bits per heavy atom. The van der Waals surface area contributed by atoms with Gasteiger partial charge in [0, 0.05) is 37.1 Å². The van der Waals surface area contributed by atoms with Crippen molar-refractivity contribution in [3.05, 3.63) is 35.5 Å². The minimum atomic E-state index is -4.94. The molecule has 2 atom stereocenters. The molecule has 11 heteroatoms. The fourth-order valence-electron chi connectivity index (χ4n) is 5.28. The fraction of sp³-hybridized carbons (Fsp3) is 0.522. The van der Waals surface area contributed by atoms with Crippen molar-refractivity contribution in [2.75, 3.05) is 20.2 Å². The number of esters is 2. The Hall–Kier alpha value is -2.50. The van der Waals surface area contributed by atoms with Crippen molar-refractivity contribution in [1.82, 2.24) is 4.98 Å². The maximum Gasteiger partial charge on any atom is 0.347 e. The number of H-pyrrole nitrogens is 1. The lowest BCUT2D eigenvalue weighted by Gasteiger charge is -2.38. The van der Waals surface area contributed by atoms with Crippen molar-refractivity contribution in [3.8, 4) is 0 Å². The zero-order valence-corrected chi connectivity index (χ0v) is 20.2. The summed E-state index contributed by atoms with van der Waals surface area (Å²) >= 11 is 0. The van der Waals surface area contributed by atoms with Crippen LogP contribution in [-0.2, 0) is 25.5 Å². The molecule has 1 N–H and O–H groups in total. The maximum atomic E-state index is 12.4. The number of benzene rings is 1. The SMILES string of the molecule is CCC1(CC(OC(C)=O)C(=O)OC)CCC[N+]2=C1c1[nH]c3ccccc3c1CC2.[O-][Cl+3]([O-])([O-])[O-]. The number of carbonyl (C=O) groups excluding carboxylic acids is 2. The van der Waals surface area contributed by atoms with E-state index in [0.29, 0.717) is 6.42 Å². The van der Waals surface area contributed by atoms with Gasteiger partial charge in [-0.3, -0.25) is 4.79 Å². The van der Waals surface area contributed by atoms with E-state index in [1.807, 2.05) is 0 Å². The van der Waals surface area contributed by atoms with Crippen molar-refractivity contribution in [2.24, 2.45) is 5.41 Å². The quantitative estimate of drug-likeness (QED) is 0.384. The van der Waals surface area contributed by atoms with Gasteiger partial charge in [0.2, 0.25) is 5.71 Å². The van der Waals surface area contributed by atoms with Gasteiger partial charge in [0.05, 0.1) is 12.5 Å². The van der Waals surface area contributed by atoms with E-state index >= 15 is 0 Å². The summed E-state index contributed by atoms with van der Waals surface area (Å²) in [5.41, 5.74) is 4.71. The van der Waals surface area contributed by atoms with Crippen molar-refractivity contribution < 1.29 is 52.5 Å². The molecule has 0 amide bonds. The molecule has 0 fully saturated rings. The van der Waals surface area contributed by atoms with Gasteiger partial charge in [-0.25, -0.2) is 28.0 Å². The second kappa shape index (κ2) is 10.4. The van der Waals surface area contributed by atoms with E-state index in [0.717, 1.165) is 44.3 Å². The molecule has 0 bridgehead atoms. The van der Waals surface area contributed by atoms with Crippen LogP contribution in [0.4, 0.5) is 0 Å². The summed E-state index contributed by atoms with van der Waals surface area (Å²) in [6.45, 7) is 5.49. The van der Waals surface area contributed by atoms with Crippen LogP contribution in [-0.4, -0.2) is 53.5 Å². The molecule has 10 nitrogen and oxygen atoms in total. The number of hydrogen-bond donors (Lipinski definition) is 1. The van der Waals surface area contributed by atoms with E-state index in [1.165, 1.54) is 36.4 Å². The van der Waals surface area contributed by atoms with Crippen molar-refractivity contribution >= 4 is 28.6 Å². The normalized spacial score (nSPS) is 20.6. The van der Waals surface area contributed by atoms with Gasteiger partial charge >= 0.3 is 11.9 Å². The number of methoxy groups -OCH3 is 1. The topological polar surface area (TPSA) is 164 Å². The van der Waals surface area contributed by atoms with Gasteiger partial charge in [0.1, 0.15) is 18.8 Å². The van der Waals surface area contributed by atoms with Crippen molar-refractivity contribution in [2.45, 2.75) is 52.1 Å². The average molecular weight is 497 g/mol. The van der Waals surface area contributed by atoms with Crippen molar-refractivity contribution in [1.29, 1.82) is 0 Å². The lowest BCUT2D eigenvalue weighted by molar-refractivity contribution is -2.00. The third kappa shape index (κ3) is 5.76. The Bertz CT molecular complexity index is 1080. The summed E-state index contributed by atoms with van der Waals surface area (Å²) in [6, 6.07) is 8.42. The van der Waals surface area contributed by atoms with Gasteiger partial charge in [0.15, 0.2) is 6.10 Å². The lowest BCUT2D eigenvalue weighted by Crippen LogP contribution is -2.68. The van der Waals surface area contributed by atoms with Crippen molar-refractivity contribution in [3.63, 3.8) is 0 Å². The molecule has 1 aromatic carbocycles. The highest BCUT2D eigenvalue weighted by Crippen LogP contribution is 2.43. The number of carbonyl (C=O) groups is 2. The van der Waals surface area contributed by atoms with Crippen LogP contribution in [0.1, 0.15) is 50.8 Å². The molecule has 0 radical (unpaired) electrons. The predicted molar refractivity (Wildman–Crippen MR) is 110 cm³/mol. The van der Waals surface area contributed by atoms with Crippen LogP contribution >= 0.6 is 0 Å². The number of fused-ring (bicyclic) bond motifs is 4. The second-order valence-corrected chi connectivity index (χ2v) is 9.31. The molecule has 0 aliphatic carbocycles. The van der Waals surface area contributed by atoms with Gasteiger partial charge < -0.3 is 14.5 Å². The molecule has 2 aliphatic heterocycles. The molecule has 2 unspecified atom stereocenters. The minimum Gasteiger partial charge on any atom is -0.466 e. The molecule has 2 aliphatic rings. The number of nitrogens with one attached hydrogen (secondary N) is 1. The van der Waals surface area contributed by atoms with E-state index in [2.05, 4.69) is 40.7 Å². The van der Waals surface area contributed by atoms with Gasteiger partial charge in [-0.15, -0.1) is 10.2 Å². The largest absolute Gasteiger partial charge is 0.466 e. The predicted octanol–water partition coefficient (Wildman–Crippen LogP) is -1.55. The van der Waals surface area contributed by atoms with Gasteiger partial charge in [-0.1, -0.05) is 25.1 Å². The first kappa shape index (κ1) is 26.1. The maximum absolute atomic E-state index is 12.4. The fourth-order valence-corrected chi connectivity index (χ4v) is 5.28. The van der Waals surface area contributed by atoms with E-state index < -0.39 is 28.3 Å². The van der Waals surface area contributed by atoms with Crippen LogP contribution in [0.3, 0.4) is 0 Å². The molecule has 0 spiro atoms. The summed E-state index contributed by atoms with van der Waals surface area (Å²) in [4.78, 5) is 27.7. The monoisotopic (exact) mass is 496 g/mol. The van der Waals surface area contributed by atoms with E-state index in [1.54, 1.807) is 0 Å². The molecule has 4 rings (SSSR count). The molecule has 0 saturated carbocycles. The molecule has 34 heavy (non-hydrogen) atoms. The summed E-state index contributed by atoms with van der Waals surface area (Å²) in [6.07, 6.45) is 3.44. The first-order valence-corrected chi connectivity index (χ1v) is 12.3. The van der Waals surface area contributed by atoms with E-state index in [4.69, 9.17) is 28.1 Å². The number of rotatable bonds is 5. The van der Waals surface area contributed by atoms with E-state index in [-0.39, 0.29) is 5.41 Å². The highest BCUT2D eigenvalue weighted by molar-refractivity contribution is 6.06. The van der Waals surface area contributed by atoms with Gasteiger partial charge in [-0.2, -0.15) is 0 Å². The molecule has 2 aromatic rings. The highest BCUT2D eigenvalue weighted by Gasteiger charge is 2.50. The van der Waals surface area contributed by atoms with Gasteiger partial charge in [-0.05, 0) is 24.5 Å². The smallest absolute Gasteiger partial charge is 0.347 e. The molecular weight excluding hydrogens is 468 g/mol. The Morgan fingerprint density at radius 1 is 1.21 bits per heavy atom. The molecular formula is C23H29ClN2O8. The highest BCUT2D eigenvalue weighted by atomic mass is 35.7. The first-order chi connectivity index (χ1) is 16.0. The molecule has 0 saturated heterocycles. The number of aromatic nitrogens is 1. The van der Waals surface area contributed by atoms with Crippen LogP contribution in [0.5, 0.6) is 0 Å². The Morgan fingerprint density at radius 3 is 2.50 bits per heavy atom. The number of para-hydroxylation sites is 1. The standard InChI is InChI=1S/C23H28N2O4.ClHO4/c1-4-23(14-19(22(27)28-3)29-15(2)26)11-7-12-25-13-10-17-16-8-5-6-9-18(16)24-20(17)21(23)25;2-1(3,4)5/h5-6,8-9,19H,4,7,10-14H2,1-3H3;(H,2,3,4,5). The lowest BCUT2D eigenvalue weighted by atomic mass is 9.68. The first-order valence-electron chi connectivity index (χ1n) is 11.1. The number of aromatic amines is 1. The number of ether oxygens (including phenoxy) is 2. The third-order valence-electron chi connectivity index (χ3n) is 6.61. The molecule has 3 heterocycles. The summed E-state index contributed by atoms with van der Waals surface area (Å²) < 4.78 is 46.8. The van der Waals surface area contributed by atoms with Gasteiger partial charge in [0.25, 0.3) is 0 Å².